The second-order valence-electron chi connectivity index (χ2n) is 4.65. The Labute approximate surface area is 112 Å². The molecule has 4 heteroatoms. The van der Waals surface area contributed by atoms with Crippen molar-refractivity contribution < 1.29 is 9.90 Å². The molecule has 1 heterocycles. The molecule has 1 aliphatic rings. The van der Waals surface area contributed by atoms with Gasteiger partial charge in [0.05, 0.1) is 0 Å². The molecule has 1 aliphatic heterocycles. The van der Waals surface area contributed by atoms with Crippen molar-refractivity contribution in [3.63, 3.8) is 0 Å². The smallest absolute Gasteiger partial charge is 0.220 e. The van der Waals surface area contributed by atoms with Crippen LogP contribution >= 0.6 is 11.8 Å². The van der Waals surface area contributed by atoms with Gasteiger partial charge in [-0.2, -0.15) is 11.8 Å². The number of phenolic OH excluding ortho intramolecular Hbond substituents is 1. The Morgan fingerprint density at radius 1 is 1.39 bits per heavy atom. The molecule has 3 nitrogen and oxygen atoms in total. The van der Waals surface area contributed by atoms with Crippen molar-refractivity contribution in [1.29, 1.82) is 0 Å². The van der Waals surface area contributed by atoms with Gasteiger partial charge in [0.2, 0.25) is 5.91 Å². The quantitative estimate of drug-likeness (QED) is 0.878. The van der Waals surface area contributed by atoms with Crippen LogP contribution in [0.25, 0.3) is 0 Å². The van der Waals surface area contributed by atoms with E-state index in [-0.39, 0.29) is 11.7 Å². The van der Waals surface area contributed by atoms with E-state index in [1.165, 1.54) is 12.2 Å². The highest BCUT2D eigenvalue weighted by molar-refractivity contribution is 7.99. The van der Waals surface area contributed by atoms with E-state index in [1.807, 2.05) is 23.9 Å². The molecule has 1 amide bonds. The van der Waals surface area contributed by atoms with Crippen LogP contribution in [0.1, 0.15) is 24.8 Å². The van der Waals surface area contributed by atoms with E-state index in [1.54, 1.807) is 12.1 Å². The van der Waals surface area contributed by atoms with Crippen LogP contribution in [0, 0.1) is 0 Å². The zero-order valence-corrected chi connectivity index (χ0v) is 11.2. The average Bonchev–Trinajstić information content (AvgIpc) is 2.39. The number of amides is 1. The van der Waals surface area contributed by atoms with Crippen LogP contribution in [-0.2, 0) is 11.2 Å². The number of hydrogen-bond acceptors (Lipinski definition) is 3. The highest BCUT2D eigenvalue weighted by Gasteiger charge is 2.15. The average molecular weight is 265 g/mol. The molecule has 0 saturated carbocycles. The van der Waals surface area contributed by atoms with Crippen LogP contribution in [0.2, 0.25) is 0 Å². The van der Waals surface area contributed by atoms with Crippen LogP contribution < -0.4 is 5.32 Å². The lowest BCUT2D eigenvalue weighted by atomic mass is 10.1. The maximum atomic E-state index is 11.8. The fraction of sp³-hybridized carbons (Fsp3) is 0.500. The Morgan fingerprint density at radius 2 is 2.17 bits per heavy atom. The molecular formula is C14H19NO2S. The summed E-state index contributed by atoms with van der Waals surface area (Å²) in [7, 11) is 0. The number of rotatable bonds is 4. The maximum Gasteiger partial charge on any atom is 0.220 e. The van der Waals surface area contributed by atoms with E-state index in [9.17, 15) is 4.79 Å². The van der Waals surface area contributed by atoms with Gasteiger partial charge in [-0.15, -0.1) is 0 Å². The second kappa shape index (κ2) is 6.69. The lowest BCUT2D eigenvalue weighted by Crippen LogP contribution is -2.38. The van der Waals surface area contributed by atoms with E-state index >= 15 is 0 Å². The van der Waals surface area contributed by atoms with Crippen LogP contribution in [0.5, 0.6) is 5.75 Å². The fourth-order valence-electron chi connectivity index (χ4n) is 2.07. The number of thioether (sulfide) groups is 1. The van der Waals surface area contributed by atoms with Crippen molar-refractivity contribution >= 4 is 17.7 Å². The first-order valence-electron chi connectivity index (χ1n) is 6.39. The molecule has 0 bridgehead atoms. The van der Waals surface area contributed by atoms with Crippen molar-refractivity contribution in [2.24, 2.45) is 0 Å². The third kappa shape index (κ3) is 4.26. The van der Waals surface area contributed by atoms with E-state index in [0.29, 0.717) is 12.5 Å². The number of carbonyl (C=O) groups excluding carboxylic acids is 1. The molecule has 1 aromatic rings. The third-order valence-electron chi connectivity index (χ3n) is 3.10. The largest absolute Gasteiger partial charge is 0.508 e. The highest BCUT2D eigenvalue weighted by Crippen LogP contribution is 2.17. The molecule has 98 valence electrons. The number of aromatic hydroxyl groups is 1. The molecule has 1 saturated heterocycles. The number of hydrogen-bond donors (Lipinski definition) is 2. The van der Waals surface area contributed by atoms with Gasteiger partial charge in [0.25, 0.3) is 0 Å². The predicted molar refractivity (Wildman–Crippen MR) is 74.9 cm³/mol. The lowest BCUT2D eigenvalue weighted by molar-refractivity contribution is -0.121. The van der Waals surface area contributed by atoms with Crippen LogP contribution in [0.15, 0.2) is 24.3 Å². The van der Waals surface area contributed by atoms with Gasteiger partial charge in [-0.25, -0.2) is 0 Å². The summed E-state index contributed by atoms with van der Waals surface area (Å²) in [6.07, 6.45) is 3.56. The minimum Gasteiger partial charge on any atom is -0.508 e. The Balaban J connectivity index is 1.72. The number of phenols is 1. The first-order chi connectivity index (χ1) is 8.74. The molecule has 0 aromatic heterocycles. The standard InChI is InChI=1S/C14H19NO2S/c16-13-6-3-11(4-7-13)5-8-14(17)15-12-2-1-9-18-10-12/h3-4,6-7,12,16H,1-2,5,8-10H2,(H,15,17)/t12-/m0/s1. The van der Waals surface area contributed by atoms with Gasteiger partial charge in [-0.3, -0.25) is 4.79 Å². The number of carbonyl (C=O) groups is 1. The molecule has 0 unspecified atom stereocenters. The Kier molecular flexibility index (Phi) is 4.93. The maximum absolute atomic E-state index is 11.8. The first-order valence-corrected chi connectivity index (χ1v) is 7.54. The van der Waals surface area contributed by atoms with Gasteiger partial charge in [0.1, 0.15) is 5.75 Å². The number of benzene rings is 1. The monoisotopic (exact) mass is 265 g/mol. The molecule has 1 atom stereocenters. The van der Waals surface area contributed by atoms with E-state index in [2.05, 4.69) is 5.32 Å². The molecule has 2 rings (SSSR count). The summed E-state index contributed by atoms with van der Waals surface area (Å²) in [6, 6.07) is 7.39. The molecule has 2 N–H and O–H groups in total. The zero-order valence-electron chi connectivity index (χ0n) is 10.4. The van der Waals surface area contributed by atoms with Gasteiger partial charge < -0.3 is 10.4 Å². The van der Waals surface area contributed by atoms with Crippen molar-refractivity contribution in [3.8, 4) is 5.75 Å². The minimum atomic E-state index is 0.135. The number of aryl methyl sites for hydroxylation is 1. The van der Waals surface area contributed by atoms with Crippen LogP contribution in [0.4, 0.5) is 0 Å². The van der Waals surface area contributed by atoms with Crippen LogP contribution in [0.3, 0.4) is 0 Å². The molecule has 0 aliphatic carbocycles. The van der Waals surface area contributed by atoms with Crippen molar-refractivity contribution in [2.75, 3.05) is 11.5 Å². The lowest BCUT2D eigenvalue weighted by Gasteiger charge is -2.22. The van der Waals surface area contributed by atoms with Gasteiger partial charge in [-0.1, -0.05) is 12.1 Å². The van der Waals surface area contributed by atoms with Gasteiger partial charge >= 0.3 is 0 Å². The summed E-state index contributed by atoms with van der Waals surface area (Å²) in [6.45, 7) is 0. The summed E-state index contributed by atoms with van der Waals surface area (Å²) < 4.78 is 0. The second-order valence-corrected chi connectivity index (χ2v) is 5.80. The Bertz CT molecular complexity index is 385. The van der Waals surface area contributed by atoms with E-state index in [0.717, 1.165) is 24.2 Å². The van der Waals surface area contributed by atoms with Crippen molar-refractivity contribution in [1.82, 2.24) is 5.32 Å². The van der Waals surface area contributed by atoms with Crippen molar-refractivity contribution in [3.05, 3.63) is 29.8 Å². The van der Waals surface area contributed by atoms with Gasteiger partial charge in [0, 0.05) is 18.2 Å². The minimum absolute atomic E-state index is 0.135. The highest BCUT2D eigenvalue weighted by atomic mass is 32.2. The molecule has 0 spiro atoms. The summed E-state index contributed by atoms with van der Waals surface area (Å²) in [5, 5.41) is 12.3. The summed E-state index contributed by atoms with van der Waals surface area (Å²) in [4.78, 5) is 11.8. The Hall–Kier alpha value is -1.16. The summed E-state index contributed by atoms with van der Waals surface area (Å²) >= 11 is 1.92. The van der Waals surface area contributed by atoms with Gasteiger partial charge in [0.15, 0.2) is 0 Å². The van der Waals surface area contributed by atoms with Crippen molar-refractivity contribution in [2.45, 2.75) is 31.7 Å². The third-order valence-corrected chi connectivity index (χ3v) is 4.32. The topological polar surface area (TPSA) is 49.3 Å². The normalized spacial score (nSPS) is 19.4. The fourth-order valence-corrected chi connectivity index (χ4v) is 3.15. The molecule has 0 radical (unpaired) electrons. The summed E-state index contributed by atoms with van der Waals surface area (Å²) in [5.41, 5.74) is 1.08. The van der Waals surface area contributed by atoms with Gasteiger partial charge in [-0.05, 0) is 42.7 Å². The molecule has 18 heavy (non-hydrogen) atoms. The predicted octanol–water partition coefficient (Wildman–Crippen LogP) is 2.34. The molecule has 1 fully saturated rings. The zero-order chi connectivity index (χ0) is 12.8. The number of nitrogens with one attached hydrogen (secondary N) is 1. The first kappa shape index (κ1) is 13.3. The summed E-state index contributed by atoms with van der Waals surface area (Å²) in [5.74, 6) is 2.67. The van der Waals surface area contributed by atoms with E-state index in [4.69, 9.17) is 5.11 Å². The van der Waals surface area contributed by atoms with E-state index < -0.39 is 0 Å². The molecular weight excluding hydrogens is 246 g/mol. The van der Waals surface area contributed by atoms with Crippen LogP contribution in [-0.4, -0.2) is 28.6 Å². The SMILES string of the molecule is O=C(CCc1ccc(O)cc1)N[C@H]1CCCSC1. The Morgan fingerprint density at radius 3 is 2.83 bits per heavy atom. The molecule has 1 aromatic carbocycles.